The first-order valence-corrected chi connectivity index (χ1v) is 9.27. The van der Waals surface area contributed by atoms with Crippen LogP contribution < -0.4 is 0 Å². The quantitative estimate of drug-likeness (QED) is 0.260. The third-order valence-electron chi connectivity index (χ3n) is 3.52. The average Bonchev–Trinajstić information content (AvgIpc) is 2.56. The van der Waals surface area contributed by atoms with Gasteiger partial charge in [0.1, 0.15) is 5.75 Å². The predicted molar refractivity (Wildman–Crippen MR) is 95.6 cm³/mol. The first-order valence-electron chi connectivity index (χ1n) is 8.29. The average molecular weight is 386 g/mol. The van der Waals surface area contributed by atoms with E-state index in [1.165, 1.54) is 18.7 Å². The van der Waals surface area contributed by atoms with Crippen LogP contribution in [0, 0.1) is 0 Å². The summed E-state index contributed by atoms with van der Waals surface area (Å²) >= 11 is 1.44. The van der Waals surface area contributed by atoms with Crippen molar-refractivity contribution in [3.63, 3.8) is 0 Å². The number of rotatable bonds is 11. The van der Waals surface area contributed by atoms with Gasteiger partial charge in [-0.1, -0.05) is 13.3 Å². The number of halogens is 1. The Balaban J connectivity index is 2.55. The third kappa shape index (κ3) is 6.67. The third-order valence-corrected chi connectivity index (χ3v) is 4.71. The maximum absolute atomic E-state index is 13.2. The number of carboxylic acid groups (broad SMARTS) is 1. The number of hydrogen-bond donors (Lipinski definition) is 2. The van der Waals surface area contributed by atoms with E-state index in [4.69, 9.17) is 9.84 Å². The number of alkyl halides is 1. The van der Waals surface area contributed by atoms with Gasteiger partial charge in [0.05, 0.1) is 18.6 Å². The van der Waals surface area contributed by atoms with E-state index >= 15 is 0 Å². The van der Waals surface area contributed by atoms with Crippen molar-refractivity contribution in [2.45, 2.75) is 50.6 Å². The van der Waals surface area contributed by atoms with Crippen molar-refractivity contribution in [2.75, 3.05) is 12.4 Å². The number of ketones is 1. The summed E-state index contributed by atoms with van der Waals surface area (Å²) in [5.41, 5.74) is 1.01. The number of hydrogen-bond acceptors (Lipinski definition) is 6. The van der Waals surface area contributed by atoms with E-state index in [9.17, 15) is 23.9 Å². The molecule has 1 atom stereocenters. The second-order valence-corrected chi connectivity index (χ2v) is 6.82. The molecule has 0 aliphatic carbocycles. The van der Waals surface area contributed by atoms with Crippen LogP contribution in [0.25, 0.3) is 0 Å². The van der Waals surface area contributed by atoms with E-state index < -0.39 is 24.5 Å². The first kappa shape index (κ1) is 22.0. The first-order chi connectivity index (χ1) is 12.3. The number of thioether (sulfide) groups is 1. The van der Waals surface area contributed by atoms with E-state index in [1.807, 2.05) is 6.92 Å². The molecule has 0 saturated carbocycles. The molecule has 26 heavy (non-hydrogen) atoms. The van der Waals surface area contributed by atoms with Crippen molar-refractivity contribution in [3.05, 3.63) is 23.3 Å². The number of ether oxygens (including phenoxy) is 1. The topological polar surface area (TPSA) is 101 Å². The lowest BCUT2D eigenvalue weighted by molar-refractivity contribution is -0.154. The van der Waals surface area contributed by atoms with Crippen LogP contribution >= 0.6 is 11.8 Å². The van der Waals surface area contributed by atoms with Crippen molar-refractivity contribution < 1.29 is 33.7 Å². The van der Waals surface area contributed by atoms with Gasteiger partial charge >= 0.3 is 11.9 Å². The minimum Gasteiger partial charge on any atom is -0.507 e. The summed E-state index contributed by atoms with van der Waals surface area (Å²) in [6.45, 7) is 3.35. The van der Waals surface area contributed by atoms with E-state index in [0.29, 0.717) is 29.7 Å². The van der Waals surface area contributed by atoms with Gasteiger partial charge in [-0.2, -0.15) is 0 Å². The molecular weight excluding hydrogens is 363 g/mol. The minimum absolute atomic E-state index is 0.00437. The fourth-order valence-electron chi connectivity index (χ4n) is 2.27. The lowest BCUT2D eigenvalue weighted by Gasteiger charge is -2.13. The van der Waals surface area contributed by atoms with Gasteiger partial charge in [-0.15, -0.1) is 11.8 Å². The number of phenols is 1. The normalized spacial score (nSPS) is 11.8. The minimum atomic E-state index is -2.16. The number of carbonyl (C=O) groups excluding carboxylic acids is 2. The highest BCUT2D eigenvalue weighted by Gasteiger charge is 2.22. The molecule has 0 amide bonds. The number of carbonyl (C=O) groups is 3. The Morgan fingerprint density at radius 3 is 2.58 bits per heavy atom. The fraction of sp³-hybridized carbons (Fsp3) is 0.500. The molecule has 6 nitrogen and oxygen atoms in total. The zero-order valence-electron chi connectivity index (χ0n) is 14.8. The molecule has 0 spiro atoms. The molecule has 1 rings (SSSR count). The van der Waals surface area contributed by atoms with Crippen molar-refractivity contribution >= 4 is 29.5 Å². The van der Waals surface area contributed by atoms with Gasteiger partial charge in [-0.3, -0.25) is 9.59 Å². The molecule has 0 fully saturated rings. The van der Waals surface area contributed by atoms with Gasteiger partial charge in [0.25, 0.3) is 0 Å². The predicted octanol–water partition coefficient (Wildman–Crippen LogP) is 3.39. The molecule has 2 N–H and O–H groups in total. The SMILES string of the molecule is CCCc1c(SCCCOC(=O)C(F)CC(=O)O)ccc(C(C)=O)c1O. The Labute approximate surface area is 155 Å². The molecule has 1 aromatic carbocycles. The van der Waals surface area contributed by atoms with Crippen molar-refractivity contribution in [3.8, 4) is 5.75 Å². The van der Waals surface area contributed by atoms with Crippen LogP contribution in [0.2, 0.25) is 0 Å². The van der Waals surface area contributed by atoms with E-state index in [0.717, 1.165) is 11.3 Å². The van der Waals surface area contributed by atoms with Crippen molar-refractivity contribution in [1.29, 1.82) is 0 Å². The highest BCUT2D eigenvalue weighted by molar-refractivity contribution is 7.99. The van der Waals surface area contributed by atoms with Gasteiger partial charge in [0.2, 0.25) is 6.17 Å². The number of carboxylic acids is 1. The largest absolute Gasteiger partial charge is 0.507 e. The molecular formula is C18H23FO6S. The standard InChI is InChI=1S/C18H23FO6S/c1-3-5-13-15(7-6-12(11(2)20)17(13)23)26-9-4-8-25-18(24)14(19)10-16(21)22/h6-7,14,23H,3-5,8-10H2,1-2H3,(H,21,22). The Hall–Kier alpha value is -2.09. The maximum atomic E-state index is 13.2. The number of Topliss-reactive ketones (excluding diaryl/α,β-unsaturated/α-hetero) is 1. The van der Waals surface area contributed by atoms with Gasteiger partial charge in [0, 0.05) is 16.2 Å². The van der Waals surface area contributed by atoms with Crippen LogP contribution in [0.4, 0.5) is 4.39 Å². The summed E-state index contributed by atoms with van der Waals surface area (Å²) in [4.78, 5) is 34.0. The molecule has 0 radical (unpaired) electrons. The molecule has 0 heterocycles. The number of aromatic hydroxyl groups is 1. The van der Waals surface area contributed by atoms with Gasteiger partial charge in [0.15, 0.2) is 5.78 Å². The summed E-state index contributed by atoms with van der Waals surface area (Å²) in [5, 5.41) is 18.7. The van der Waals surface area contributed by atoms with Crippen LogP contribution in [-0.4, -0.2) is 46.5 Å². The number of esters is 1. The summed E-state index contributed by atoms with van der Waals surface area (Å²) in [6, 6.07) is 3.36. The Morgan fingerprint density at radius 2 is 2.00 bits per heavy atom. The van der Waals surface area contributed by atoms with Crippen LogP contribution in [0.15, 0.2) is 17.0 Å². The van der Waals surface area contributed by atoms with Crippen LogP contribution in [-0.2, 0) is 20.7 Å². The summed E-state index contributed by atoms with van der Waals surface area (Å²) in [5.74, 6) is -2.22. The summed E-state index contributed by atoms with van der Waals surface area (Å²) < 4.78 is 17.9. The molecule has 0 bridgehead atoms. The number of aliphatic carboxylic acids is 1. The second-order valence-electron chi connectivity index (χ2n) is 5.68. The van der Waals surface area contributed by atoms with Gasteiger partial charge in [-0.25, -0.2) is 9.18 Å². The fourth-order valence-corrected chi connectivity index (χ4v) is 3.29. The molecule has 0 saturated heterocycles. The van der Waals surface area contributed by atoms with E-state index in [2.05, 4.69) is 0 Å². The molecule has 0 aliphatic heterocycles. The number of phenolic OH excluding ortho intramolecular Hbond substituents is 1. The molecule has 0 aromatic heterocycles. The Morgan fingerprint density at radius 1 is 1.31 bits per heavy atom. The smallest absolute Gasteiger partial charge is 0.341 e. The molecule has 1 unspecified atom stereocenters. The zero-order chi connectivity index (χ0) is 19.7. The highest BCUT2D eigenvalue weighted by atomic mass is 32.2. The molecule has 8 heteroatoms. The Bertz CT molecular complexity index is 661. The summed E-state index contributed by atoms with van der Waals surface area (Å²) in [6.07, 6.45) is -1.19. The maximum Gasteiger partial charge on any atom is 0.341 e. The summed E-state index contributed by atoms with van der Waals surface area (Å²) in [7, 11) is 0. The monoisotopic (exact) mass is 386 g/mol. The van der Waals surface area contributed by atoms with Crippen molar-refractivity contribution in [1.82, 2.24) is 0 Å². The van der Waals surface area contributed by atoms with Crippen molar-refractivity contribution in [2.24, 2.45) is 0 Å². The zero-order valence-corrected chi connectivity index (χ0v) is 15.6. The highest BCUT2D eigenvalue weighted by Crippen LogP contribution is 2.34. The molecule has 1 aromatic rings. The molecule has 144 valence electrons. The van der Waals surface area contributed by atoms with E-state index in [-0.39, 0.29) is 18.1 Å². The number of benzene rings is 1. The van der Waals surface area contributed by atoms with Crippen LogP contribution in [0.3, 0.4) is 0 Å². The Kier molecular flexibility index (Phi) is 9.12. The second kappa shape index (κ2) is 10.8. The van der Waals surface area contributed by atoms with Crippen LogP contribution in [0.5, 0.6) is 5.75 Å². The van der Waals surface area contributed by atoms with Gasteiger partial charge in [-0.05, 0) is 31.9 Å². The lowest BCUT2D eigenvalue weighted by atomic mass is 10.0. The lowest BCUT2D eigenvalue weighted by Crippen LogP contribution is -2.22. The van der Waals surface area contributed by atoms with Gasteiger partial charge < -0.3 is 14.9 Å². The van der Waals surface area contributed by atoms with Crippen LogP contribution in [0.1, 0.15) is 49.0 Å². The van der Waals surface area contributed by atoms with E-state index in [1.54, 1.807) is 12.1 Å². The molecule has 0 aliphatic rings.